The largest absolute Gasteiger partial charge is 0.478 e. The van der Waals surface area contributed by atoms with Crippen LogP contribution in [0, 0.1) is 0 Å². The molecule has 5 heteroatoms. The number of rotatable bonds is 2. The average Bonchev–Trinajstić information content (AvgIpc) is 2.93. The summed E-state index contributed by atoms with van der Waals surface area (Å²) in [6.07, 6.45) is 5.60. The van der Waals surface area contributed by atoms with E-state index in [-0.39, 0.29) is 5.56 Å². The van der Waals surface area contributed by atoms with E-state index in [1.807, 2.05) is 18.3 Å². The Labute approximate surface area is 105 Å². The highest BCUT2D eigenvalue weighted by Gasteiger charge is 2.21. The number of aromatic carboxylic acids is 1. The third-order valence-corrected chi connectivity index (χ3v) is 3.62. The Balaban J connectivity index is 2.09. The van der Waals surface area contributed by atoms with Gasteiger partial charge in [0.15, 0.2) is 0 Å². The summed E-state index contributed by atoms with van der Waals surface area (Å²) in [4.78, 5) is 13.4. The van der Waals surface area contributed by atoms with Crippen molar-refractivity contribution in [3.63, 3.8) is 0 Å². The molecule has 0 aliphatic carbocycles. The monoisotopic (exact) mass is 245 g/mol. The maximum absolute atomic E-state index is 11.1. The van der Waals surface area contributed by atoms with Crippen molar-refractivity contribution < 1.29 is 9.90 Å². The van der Waals surface area contributed by atoms with Crippen LogP contribution in [-0.4, -0.2) is 33.3 Å². The lowest BCUT2D eigenvalue weighted by atomic mass is 10.2. The molecule has 0 spiro atoms. The van der Waals surface area contributed by atoms with Crippen molar-refractivity contribution in [1.82, 2.24) is 9.61 Å². The van der Waals surface area contributed by atoms with Gasteiger partial charge < -0.3 is 10.0 Å². The molecule has 5 nitrogen and oxygen atoms in total. The summed E-state index contributed by atoms with van der Waals surface area (Å²) in [7, 11) is 0. The molecule has 0 saturated carbocycles. The second-order valence-electron chi connectivity index (χ2n) is 4.76. The molecule has 94 valence electrons. The first-order valence-electron chi connectivity index (χ1n) is 6.14. The van der Waals surface area contributed by atoms with Gasteiger partial charge >= 0.3 is 5.97 Å². The van der Waals surface area contributed by atoms with Crippen LogP contribution in [0.3, 0.4) is 0 Å². The van der Waals surface area contributed by atoms with Crippen LogP contribution >= 0.6 is 0 Å². The predicted octanol–water partition coefficient (Wildman–Crippen LogP) is 2.02. The Kier molecular flexibility index (Phi) is 2.47. The minimum absolute atomic E-state index is 0.253. The molecule has 1 N–H and O–H groups in total. The van der Waals surface area contributed by atoms with Crippen LogP contribution in [0.25, 0.3) is 5.52 Å². The van der Waals surface area contributed by atoms with E-state index in [2.05, 4.69) is 16.9 Å². The highest BCUT2D eigenvalue weighted by atomic mass is 16.4. The highest BCUT2D eigenvalue weighted by Crippen LogP contribution is 2.26. The van der Waals surface area contributed by atoms with Crippen LogP contribution in [-0.2, 0) is 0 Å². The quantitative estimate of drug-likeness (QED) is 0.879. The first-order valence-corrected chi connectivity index (χ1v) is 6.14. The van der Waals surface area contributed by atoms with Gasteiger partial charge in [0, 0.05) is 24.5 Å². The SMILES string of the molecule is CC1CCCN1c1ccn2ncc(C(=O)O)c2c1. The maximum Gasteiger partial charge on any atom is 0.339 e. The van der Waals surface area contributed by atoms with E-state index in [9.17, 15) is 4.79 Å². The van der Waals surface area contributed by atoms with Gasteiger partial charge in [-0.3, -0.25) is 0 Å². The van der Waals surface area contributed by atoms with E-state index in [1.54, 1.807) is 4.52 Å². The molecule has 1 unspecified atom stereocenters. The summed E-state index contributed by atoms with van der Waals surface area (Å²) in [5, 5.41) is 13.2. The normalized spacial score (nSPS) is 19.6. The van der Waals surface area contributed by atoms with E-state index in [1.165, 1.54) is 19.0 Å². The van der Waals surface area contributed by atoms with E-state index in [0.29, 0.717) is 11.6 Å². The fourth-order valence-electron chi connectivity index (χ4n) is 2.63. The lowest BCUT2D eigenvalue weighted by Crippen LogP contribution is -2.26. The number of fused-ring (bicyclic) bond motifs is 1. The molecule has 1 atom stereocenters. The second kappa shape index (κ2) is 4.01. The lowest BCUT2D eigenvalue weighted by molar-refractivity contribution is 0.0699. The Bertz CT molecular complexity index is 605. The van der Waals surface area contributed by atoms with Crippen LogP contribution < -0.4 is 4.90 Å². The summed E-state index contributed by atoms with van der Waals surface area (Å²) in [5.74, 6) is -0.934. The number of hydrogen-bond donors (Lipinski definition) is 1. The molecule has 18 heavy (non-hydrogen) atoms. The molecule has 3 heterocycles. The van der Waals surface area contributed by atoms with Gasteiger partial charge in [-0.2, -0.15) is 5.10 Å². The summed E-state index contributed by atoms with van der Waals surface area (Å²) in [5.41, 5.74) is 1.98. The molecule has 0 radical (unpaired) electrons. The summed E-state index contributed by atoms with van der Waals surface area (Å²) in [6, 6.07) is 4.43. The van der Waals surface area contributed by atoms with Crippen LogP contribution in [0.1, 0.15) is 30.1 Å². The van der Waals surface area contributed by atoms with E-state index in [0.717, 1.165) is 12.2 Å². The van der Waals surface area contributed by atoms with Crippen molar-refractivity contribution in [2.45, 2.75) is 25.8 Å². The summed E-state index contributed by atoms with van der Waals surface area (Å²) in [6.45, 7) is 3.24. The Hall–Kier alpha value is -2.04. The number of aromatic nitrogens is 2. The molecule has 0 bridgehead atoms. The van der Waals surface area contributed by atoms with Crippen LogP contribution in [0.2, 0.25) is 0 Å². The third kappa shape index (κ3) is 1.63. The molecule has 1 saturated heterocycles. The van der Waals surface area contributed by atoms with Gasteiger partial charge in [-0.1, -0.05) is 0 Å². The van der Waals surface area contributed by atoms with Crippen molar-refractivity contribution >= 4 is 17.2 Å². The Morgan fingerprint density at radius 3 is 3.06 bits per heavy atom. The van der Waals surface area contributed by atoms with E-state index < -0.39 is 5.97 Å². The molecular formula is C13H15N3O2. The number of carboxylic acid groups (broad SMARTS) is 1. The number of hydrogen-bond acceptors (Lipinski definition) is 3. The van der Waals surface area contributed by atoms with Gasteiger partial charge in [0.05, 0.1) is 11.7 Å². The minimum atomic E-state index is -0.934. The Morgan fingerprint density at radius 1 is 1.56 bits per heavy atom. The fraction of sp³-hybridized carbons (Fsp3) is 0.385. The molecule has 2 aromatic heterocycles. The zero-order valence-corrected chi connectivity index (χ0v) is 10.2. The van der Waals surface area contributed by atoms with Gasteiger partial charge in [-0.15, -0.1) is 0 Å². The average molecular weight is 245 g/mol. The van der Waals surface area contributed by atoms with Crippen molar-refractivity contribution in [2.24, 2.45) is 0 Å². The van der Waals surface area contributed by atoms with Crippen LogP contribution in [0.15, 0.2) is 24.5 Å². The smallest absolute Gasteiger partial charge is 0.339 e. The first-order chi connectivity index (χ1) is 8.66. The van der Waals surface area contributed by atoms with Gasteiger partial charge in [-0.05, 0) is 31.9 Å². The molecule has 2 aromatic rings. The summed E-state index contributed by atoms with van der Waals surface area (Å²) < 4.78 is 1.60. The van der Waals surface area contributed by atoms with Crippen LogP contribution in [0.4, 0.5) is 5.69 Å². The number of anilines is 1. The predicted molar refractivity (Wildman–Crippen MR) is 68.2 cm³/mol. The number of nitrogens with zero attached hydrogens (tertiary/aromatic N) is 3. The number of pyridine rings is 1. The molecule has 1 aliphatic rings. The standard InChI is InChI=1S/C13H15N3O2/c1-9-3-2-5-15(9)10-4-6-16-12(7-10)11(8-14-16)13(17)18/h4,6-9H,2-3,5H2,1H3,(H,17,18). The second-order valence-corrected chi connectivity index (χ2v) is 4.76. The minimum Gasteiger partial charge on any atom is -0.478 e. The van der Waals surface area contributed by atoms with Crippen molar-refractivity contribution in [3.05, 3.63) is 30.1 Å². The molecule has 3 rings (SSSR count). The summed E-state index contributed by atoms with van der Waals surface area (Å²) >= 11 is 0. The molecule has 1 aliphatic heterocycles. The van der Waals surface area contributed by atoms with Gasteiger partial charge in [0.2, 0.25) is 0 Å². The zero-order valence-electron chi connectivity index (χ0n) is 10.2. The fourth-order valence-corrected chi connectivity index (χ4v) is 2.63. The van der Waals surface area contributed by atoms with E-state index >= 15 is 0 Å². The van der Waals surface area contributed by atoms with E-state index in [4.69, 9.17) is 5.11 Å². The van der Waals surface area contributed by atoms with Gasteiger partial charge in [-0.25, -0.2) is 9.31 Å². The highest BCUT2D eigenvalue weighted by molar-refractivity contribution is 5.95. The number of carbonyl (C=O) groups is 1. The Morgan fingerprint density at radius 2 is 2.39 bits per heavy atom. The van der Waals surface area contributed by atoms with Crippen LogP contribution in [0.5, 0.6) is 0 Å². The molecule has 0 aromatic carbocycles. The molecular weight excluding hydrogens is 230 g/mol. The van der Waals surface area contributed by atoms with Crippen molar-refractivity contribution in [2.75, 3.05) is 11.4 Å². The lowest BCUT2D eigenvalue weighted by Gasteiger charge is -2.23. The number of carboxylic acids is 1. The van der Waals surface area contributed by atoms with Gasteiger partial charge in [0.25, 0.3) is 0 Å². The molecule has 1 fully saturated rings. The maximum atomic E-state index is 11.1. The van der Waals surface area contributed by atoms with Crippen molar-refractivity contribution in [3.8, 4) is 0 Å². The first kappa shape index (κ1) is 11.1. The third-order valence-electron chi connectivity index (χ3n) is 3.62. The molecule has 0 amide bonds. The van der Waals surface area contributed by atoms with Gasteiger partial charge in [0.1, 0.15) is 5.56 Å². The topological polar surface area (TPSA) is 57.8 Å². The van der Waals surface area contributed by atoms with Crippen molar-refractivity contribution in [1.29, 1.82) is 0 Å². The zero-order chi connectivity index (χ0) is 12.7.